The van der Waals surface area contributed by atoms with Gasteiger partial charge in [-0.1, -0.05) is 6.07 Å². The number of fused-ring (bicyclic) bond motifs is 1. The quantitative estimate of drug-likeness (QED) is 0.905. The molecular formula is C16H21NO2. The van der Waals surface area contributed by atoms with Crippen LogP contribution in [0.25, 0.3) is 0 Å². The summed E-state index contributed by atoms with van der Waals surface area (Å²) < 4.78 is 11.7. The van der Waals surface area contributed by atoms with E-state index >= 15 is 0 Å². The van der Waals surface area contributed by atoms with Crippen LogP contribution in [0.3, 0.4) is 0 Å². The average Bonchev–Trinajstić information content (AvgIpc) is 2.98. The Bertz CT molecular complexity index is 512. The molecule has 0 aromatic heterocycles. The maximum absolute atomic E-state index is 6.21. The van der Waals surface area contributed by atoms with Crippen molar-refractivity contribution >= 4 is 0 Å². The summed E-state index contributed by atoms with van der Waals surface area (Å²) in [5.74, 6) is 0.975. The molecule has 0 radical (unpaired) electrons. The third kappa shape index (κ3) is 2.29. The molecule has 3 nitrogen and oxygen atoms in total. The number of aryl methyl sites for hydroxylation is 3. The minimum absolute atomic E-state index is 0.139. The number of hydrogen-bond donors (Lipinski definition) is 1. The van der Waals surface area contributed by atoms with Crippen LogP contribution in [-0.2, 0) is 17.6 Å². The molecule has 0 saturated carbocycles. The molecule has 1 aromatic rings. The molecule has 1 atom stereocenters. The molecule has 1 aromatic carbocycles. The average molecular weight is 259 g/mol. The predicted octanol–water partition coefficient (Wildman–Crippen LogP) is 3.06. The van der Waals surface area contributed by atoms with Gasteiger partial charge in [-0.15, -0.1) is 0 Å². The zero-order valence-electron chi connectivity index (χ0n) is 11.8. The highest BCUT2D eigenvalue weighted by Gasteiger charge is 2.34. The van der Waals surface area contributed by atoms with E-state index < -0.39 is 5.60 Å². The summed E-state index contributed by atoms with van der Waals surface area (Å²) in [6, 6.07) is 4.48. The molecule has 1 aliphatic heterocycles. The monoisotopic (exact) mass is 259 g/mol. The van der Waals surface area contributed by atoms with Gasteiger partial charge in [0.15, 0.2) is 5.60 Å². The van der Waals surface area contributed by atoms with Crippen molar-refractivity contribution < 1.29 is 9.47 Å². The molecule has 102 valence electrons. The van der Waals surface area contributed by atoms with Crippen LogP contribution >= 0.6 is 0 Å². The molecule has 0 fully saturated rings. The summed E-state index contributed by atoms with van der Waals surface area (Å²) >= 11 is 0. The van der Waals surface area contributed by atoms with E-state index in [-0.39, 0.29) is 6.23 Å². The summed E-state index contributed by atoms with van der Waals surface area (Å²) in [6.07, 6.45) is 6.98. The third-order valence-electron chi connectivity index (χ3n) is 3.92. The topological polar surface area (TPSA) is 30.5 Å². The van der Waals surface area contributed by atoms with Gasteiger partial charge in [-0.3, -0.25) is 0 Å². The molecule has 0 unspecified atom stereocenters. The first-order valence-electron chi connectivity index (χ1n) is 6.94. The van der Waals surface area contributed by atoms with Gasteiger partial charge in [-0.25, -0.2) is 0 Å². The Kier molecular flexibility index (Phi) is 2.92. The number of rotatable bonds is 3. The van der Waals surface area contributed by atoms with Crippen molar-refractivity contribution in [3.8, 4) is 5.75 Å². The molecule has 1 aliphatic carbocycles. The van der Waals surface area contributed by atoms with Crippen LogP contribution in [0.1, 0.15) is 37.0 Å². The molecule has 19 heavy (non-hydrogen) atoms. The van der Waals surface area contributed by atoms with Crippen molar-refractivity contribution in [2.75, 3.05) is 0 Å². The van der Waals surface area contributed by atoms with Crippen LogP contribution in [0, 0.1) is 6.92 Å². The van der Waals surface area contributed by atoms with Crippen LogP contribution in [-0.4, -0.2) is 11.8 Å². The molecule has 0 saturated heterocycles. The second kappa shape index (κ2) is 4.48. The molecule has 1 heterocycles. The van der Waals surface area contributed by atoms with Crippen LogP contribution < -0.4 is 10.1 Å². The van der Waals surface area contributed by atoms with E-state index in [9.17, 15) is 0 Å². The number of hydrogen-bond acceptors (Lipinski definition) is 3. The predicted molar refractivity (Wildman–Crippen MR) is 75.1 cm³/mol. The highest BCUT2D eigenvalue weighted by atomic mass is 16.6. The van der Waals surface area contributed by atoms with Crippen LogP contribution in [0.5, 0.6) is 5.75 Å². The van der Waals surface area contributed by atoms with E-state index in [0.29, 0.717) is 0 Å². The second-order valence-corrected chi connectivity index (χ2v) is 5.93. The molecule has 0 spiro atoms. The maximum atomic E-state index is 6.21. The van der Waals surface area contributed by atoms with E-state index in [1.807, 2.05) is 20.0 Å². The first kappa shape index (κ1) is 12.4. The van der Waals surface area contributed by atoms with Gasteiger partial charge in [-0.05, 0) is 62.8 Å². The third-order valence-corrected chi connectivity index (χ3v) is 3.92. The van der Waals surface area contributed by atoms with E-state index in [0.717, 1.165) is 5.75 Å². The minimum Gasteiger partial charge on any atom is -0.482 e. The van der Waals surface area contributed by atoms with Gasteiger partial charge >= 0.3 is 0 Å². The lowest BCUT2D eigenvalue weighted by Crippen LogP contribution is -2.48. The van der Waals surface area contributed by atoms with Gasteiger partial charge in [0.25, 0.3) is 0 Å². The lowest BCUT2D eigenvalue weighted by Gasteiger charge is -2.32. The van der Waals surface area contributed by atoms with Gasteiger partial charge in [0.2, 0.25) is 6.23 Å². The molecular weight excluding hydrogens is 238 g/mol. The van der Waals surface area contributed by atoms with Gasteiger partial charge < -0.3 is 14.8 Å². The molecule has 1 N–H and O–H groups in total. The van der Waals surface area contributed by atoms with Gasteiger partial charge in [0.05, 0.1) is 0 Å². The second-order valence-electron chi connectivity index (χ2n) is 5.93. The molecule has 0 bridgehead atoms. The smallest absolute Gasteiger partial charge is 0.208 e. The Labute approximate surface area is 114 Å². The van der Waals surface area contributed by atoms with Crippen LogP contribution in [0.15, 0.2) is 24.6 Å². The first-order valence-corrected chi connectivity index (χ1v) is 6.94. The van der Waals surface area contributed by atoms with Crippen molar-refractivity contribution in [3.63, 3.8) is 0 Å². The Balaban J connectivity index is 1.83. The highest BCUT2D eigenvalue weighted by Crippen LogP contribution is 2.32. The van der Waals surface area contributed by atoms with E-state index in [4.69, 9.17) is 9.47 Å². The molecule has 0 amide bonds. The summed E-state index contributed by atoms with van der Waals surface area (Å²) in [5, 5.41) is 3.16. The Morgan fingerprint density at radius 3 is 2.68 bits per heavy atom. The van der Waals surface area contributed by atoms with Crippen molar-refractivity contribution in [2.24, 2.45) is 0 Å². The SMILES string of the molecule is Cc1cc2c(cc1OC(C)(C)[C@H]1NC=CO1)CCC2. The standard InChI is InChI=1S/C16H21NO2/c1-11-9-12-5-4-6-13(12)10-14(11)19-16(2,3)15-17-7-8-18-15/h7-10,15,17H,4-6H2,1-3H3/t15-/m0/s1. The van der Waals surface area contributed by atoms with E-state index in [2.05, 4.69) is 24.4 Å². The molecule has 3 heteroatoms. The minimum atomic E-state index is -0.416. The number of nitrogens with one attached hydrogen (secondary N) is 1. The number of benzene rings is 1. The fourth-order valence-corrected chi connectivity index (χ4v) is 2.82. The van der Waals surface area contributed by atoms with Crippen LogP contribution in [0.2, 0.25) is 0 Å². The van der Waals surface area contributed by atoms with Gasteiger partial charge in [-0.2, -0.15) is 0 Å². The van der Waals surface area contributed by atoms with Gasteiger partial charge in [0, 0.05) is 6.20 Å². The lowest BCUT2D eigenvalue weighted by molar-refractivity contribution is -0.0353. The highest BCUT2D eigenvalue weighted by molar-refractivity contribution is 5.44. The lowest BCUT2D eigenvalue weighted by atomic mass is 10.0. The van der Waals surface area contributed by atoms with E-state index in [1.165, 1.54) is 36.0 Å². The van der Waals surface area contributed by atoms with Crippen molar-refractivity contribution in [2.45, 2.75) is 51.9 Å². The van der Waals surface area contributed by atoms with Gasteiger partial charge in [0.1, 0.15) is 12.0 Å². The fourth-order valence-electron chi connectivity index (χ4n) is 2.82. The summed E-state index contributed by atoms with van der Waals surface area (Å²) in [4.78, 5) is 0. The number of ether oxygens (including phenoxy) is 2. The Morgan fingerprint density at radius 1 is 1.26 bits per heavy atom. The zero-order chi connectivity index (χ0) is 13.5. The van der Waals surface area contributed by atoms with Crippen molar-refractivity contribution in [3.05, 3.63) is 41.3 Å². The van der Waals surface area contributed by atoms with E-state index in [1.54, 1.807) is 6.26 Å². The fraction of sp³-hybridized carbons (Fsp3) is 0.500. The normalized spacial score (nSPS) is 20.9. The Hall–Kier alpha value is -1.64. The zero-order valence-corrected chi connectivity index (χ0v) is 11.8. The van der Waals surface area contributed by atoms with Crippen molar-refractivity contribution in [1.82, 2.24) is 5.32 Å². The molecule has 2 aliphatic rings. The maximum Gasteiger partial charge on any atom is 0.208 e. The first-order chi connectivity index (χ1) is 9.06. The van der Waals surface area contributed by atoms with Crippen LogP contribution in [0.4, 0.5) is 0 Å². The van der Waals surface area contributed by atoms with Crippen molar-refractivity contribution in [1.29, 1.82) is 0 Å². The molecule has 3 rings (SSSR count). The summed E-state index contributed by atoms with van der Waals surface area (Å²) in [6.45, 7) is 6.21. The summed E-state index contributed by atoms with van der Waals surface area (Å²) in [7, 11) is 0. The largest absolute Gasteiger partial charge is 0.482 e. The Morgan fingerprint density at radius 2 is 2.00 bits per heavy atom. The summed E-state index contributed by atoms with van der Waals surface area (Å²) in [5.41, 5.74) is 3.72.